The molecule has 0 saturated carbocycles. The van der Waals surface area contributed by atoms with Crippen LogP contribution in [0.15, 0.2) is 29.2 Å². The van der Waals surface area contributed by atoms with Crippen LogP contribution in [0, 0.1) is 0 Å². The molecule has 0 aromatic heterocycles. The zero-order valence-corrected chi connectivity index (χ0v) is 12.8. The Morgan fingerprint density at radius 3 is 2.50 bits per heavy atom. The van der Waals surface area contributed by atoms with Gasteiger partial charge in [-0.3, -0.25) is 4.79 Å². The Morgan fingerprint density at radius 1 is 1.23 bits per heavy atom. The molecule has 1 saturated heterocycles. The van der Waals surface area contributed by atoms with Gasteiger partial charge in [-0.25, -0.2) is 13.1 Å². The van der Waals surface area contributed by atoms with Crippen LogP contribution < -0.4 is 10.0 Å². The van der Waals surface area contributed by atoms with Crippen LogP contribution in [0.4, 0.5) is 5.69 Å². The monoisotopic (exact) mass is 330 g/mol. The molecule has 122 valence electrons. The summed E-state index contributed by atoms with van der Waals surface area (Å²) in [6.45, 7) is 1.39. The van der Waals surface area contributed by atoms with E-state index in [-0.39, 0.29) is 30.8 Å². The summed E-state index contributed by atoms with van der Waals surface area (Å²) in [5.74, 6) is -0.243. The number of anilines is 1. The number of hydrogen-bond acceptors (Lipinski definition) is 6. The summed E-state index contributed by atoms with van der Waals surface area (Å²) in [4.78, 5) is 11.0. The SMILES string of the molecule is CC(=O)Nc1ccc(S(=O)(=O)N[C@@H]2COCOC[C@H]2O)cc1. The Balaban J connectivity index is 2.10. The Morgan fingerprint density at radius 2 is 1.86 bits per heavy atom. The van der Waals surface area contributed by atoms with Crippen molar-refractivity contribution in [2.45, 2.75) is 24.0 Å². The molecule has 1 amide bonds. The van der Waals surface area contributed by atoms with Crippen LogP contribution in [0.3, 0.4) is 0 Å². The van der Waals surface area contributed by atoms with Gasteiger partial charge < -0.3 is 19.9 Å². The normalized spacial score (nSPS) is 22.8. The minimum absolute atomic E-state index is 0.00530. The Kier molecular flexibility index (Phi) is 5.48. The van der Waals surface area contributed by atoms with Crippen molar-refractivity contribution in [3.63, 3.8) is 0 Å². The van der Waals surface area contributed by atoms with Gasteiger partial charge in [0.1, 0.15) is 6.79 Å². The summed E-state index contributed by atoms with van der Waals surface area (Å²) >= 11 is 0. The minimum Gasteiger partial charge on any atom is -0.389 e. The maximum Gasteiger partial charge on any atom is 0.240 e. The largest absolute Gasteiger partial charge is 0.389 e. The average molecular weight is 330 g/mol. The third-order valence-electron chi connectivity index (χ3n) is 3.01. The second kappa shape index (κ2) is 7.16. The number of sulfonamides is 1. The molecule has 2 rings (SSSR count). The number of amides is 1. The summed E-state index contributed by atoms with van der Waals surface area (Å²) in [7, 11) is -3.81. The van der Waals surface area contributed by atoms with Crippen molar-refractivity contribution in [1.82, 2.24) is 4.72 Å². The lowest BCUT2D eigenvalue weighted by molar-refractivity contribution is -0.114. The second-order valence-electron chi connectivity index (χ2n) is 4.86. The van der Waals surface area contributed by atoms with E-state index >= 15 is 0 Å². The number of aliphatic hydroxyl groups is 1. The predicted octanol–water partition coefficient (Wildman–Crippen LogP) is -0.343. The number of rotatable bonds is 4. The fourth-order valence-electron chi connectivity index (χ4n) is 1.93. The Labute approximate surface area is 128 Å². The highest BCUT2D eigenvalue weighted by atomic mass is 32.2. The highest BCUT2D eigenvalue weighted by molar-refractivity contribution is 7.89. The molecule has 1 aliphatic heterocycles. The van der Waals surface area contributed by atoms with Gasteiger partial charge in [-0.1, -0.05) is 0 Å². The first kappa shape index (κ1) is 16.8. The molecule has 22 heavy (non-hydrogen) atoms. The first-order valence-corrected chi connectivity index (χ1v) is 8.10. The van der Waals surface area contributed by atoms with Gasteiger partial charge in [-0.15, -0.1) is 0 Å². The van der Waals surface area contributed by atoms with Gasteiger partial charge in [0.25, 0.3) is 0 Å². The van der Waals surface area contributed by atoms with E-state index in [0.29, 0.717) is 5.69 Å². The molecule has 9 heteroatoms. The summed E-state index contributed by atoms with van der Waals surface area (Å²) < 4.78 is 37.0. The number of aliphatic hydroxyl groups excluding tert-OH is 1. The van der Waals surface area contributed by atoms with Gasteiger partial charge >= 0.3 is 0 Å². The smallest absolute Gasteiger partial charge is 0.240 e. The van der Waals surface area contributed by atoms with E-state index in [1.54, 1.807) is 0 Å². The maximum absolute atomic E-state index is 12.3. The van der Waals surface area contributed by atoms with Crippen molar-refractivity contribution in [2.24, 2.45) is 0 Å². The van der Waals surface area contributed by atoms with E-state index in [0.717, 1.165) is 0 Å². The fraction of sp³-hybridized carbons (Fsp3) is 0.462. The molecule has 1 aromatic carbocycles. The molecule has 0 bridgehead atoms. The van der Waals surface area contributed by atoms with E-state index in [9.17, 15) is 18.3 Å². The van der Waals surface area contributed by atoms with E-state index < -0.39 is 22.2 Å². The van der Waals surface area contributed by atoms with Gasteiger partial charge in [-0.05, 0) is 24.3 Å². The van der Waals surface area contributed by atoms with Crippen molar-refractivity contribution >= 4 is 21.6 Å². The number of hydrogen-bond donors (Lipinski definition) is 3. The number of carbonyl (C=O) groups excluding carboxylic acids is 1. The molecule has 0 spiro atoms. The highest BCUT2D eigenvalue weighted by Crippen LogP contribution is 2.15. The summed E-state index contributed by atoms with van der Waals surface area (Å²) in [6, 6.07) is 4.92. The first-order valence-electron chi connectivity index (χ1n) is 6.62. The Bertz CT molecular complexity index is 616. The third kappa shape index (κ3) is 4.49. The zero-order chi connectivity index (χ0) is 16.2. The first-order chi connectivity index (χ1) is 10.4. The van der Waals surface area contributed by atoms with E-state index in [1.165, 1.54) is 31.2 Å². The number of ether oxygens (including phenoxy) is 2. The molecule has 0 radical (unpaired) electrons. The van der Waals surface area contributed by atoms with Crippen LogP contribution >= 0.6 is 0 Å². The average Bonchev–Trinajstić information content (AvgIpc) is 2.64. The number of carbonyl (C=O) groups is 1. The second-order valence-corrected chi connectivity index (χ2v) is 6.57. The molecule has 3 N–H and O–H groups in total. The van der Waals surface area contributed by atoms with Gasteiger partial charge in [0.2, 0.25) is 15.9 Å². The molecule has 8 nitrogen and oxygen atoms in total. The molecule has 1 heterocycles. The van der Waals surface area contributed by atoms with Crippen molar-refractivity contribution in [1.29, 1.82) is 0 Å². The molecular weight excluding hydrogens is 312 g/mol. The van der Waals surface area contributed by atoms with Crippen molar-refractivity contribution < 1.29 is 27.8 Å². The van der Waals surface area contributed by atoms with E-state index in [2.05, 4.69) is 10.0 Å². The van der Waals surface area contributed by atoms with Crippen molar-refractivity contribution in [3.8, 4) is 0 Å². The Hall–Kier alpha value is -1.52. The van der Waals surface area contributed by atoms with Crippen LogP contribution in [-0.2, 0) is 24.3 Å². The molecule has 0 aliphatic carbocycles. The topological polar surface area (TPSA) is 114 Å². The maximum atomic E-state index is 12.3. The molecule has 1 fully saturated rings. The van der Waals surface area contributed by atoms with Gasteiger partial charge in [0.15, 0.2) is 0 Å². The van der Waals surface area contributed by atoms with Crippen LogP contribution in [-0.4, -0.2) is 51.6 Å². The summed E-state index contributed by atoms with van der Waals surface area (Å²) in [6.07, 6.45) is -0.990. The summed E-state index contributed by atoms with van der Waals surface area (Å²) in [5, 5.41) is 12.4. The zero-order valence-electron chi connectivity index (χ0n) is 12.0. The van der Waals surface area contributed by atoms with Crippen LogP contribution in [0.1, 0.15) is 6.92 Å². The lowest BCUT2D eigenvalue weighted by Gasteiger charge is -2.20. The predicted molar refractivity (Wildman–Crippen MR) is 77.6 cm³/mol. The third-order valence-corrected chi connectivity index (χ3v) is 4.51. The fourth-order valence-corrected chi connectivity index (χ4v) is 3.18. The van der Waals surface area contributed by atoms with Crippen LogP contribution in [0.2, 0.25) is 0 Å². The quantitative estimate of drug-likeness (QED) is 0.696. The minimum atomic E-state index is -3.81. The van der Waals surface area contributed by atoms with E-state index in [1.807, 2.05) is 0 Å². The van der Waals surface area contributed by atoms with Crippen molar-refractivity contribution in [2.75, 3.05) is 25.3 Å². The molecular formula is C13H18N2O6S. The van der Waals surface area contributed by atoms with Crippen LogP contribution in [0.25, 0.3) is 0 Å². The van der Waals surface area contributed by atoms with Crippen molar-refractivity contribution in [3.05, 3.63) is 24.3 Å². The number of nitrogens with one attached hydrogen (secondary N) is 2. The number of benzene rings is 1. The lowest BCUT2D eigenvalue weighted by Crippen LogP contribution is -2.46. The molecule has 0 unspecified atom stereocenters. The lowest BCUT2D eigenvalue weighted by atomic mass is 10.2. The summed E-state index contributed by atoms with van der Waals surface area (Å²) in [5.41, 5.74) is 0.498. The standard InChI is InChI=1S/C13H18N2O6S/c1-9(16)14-10-2-4-11(5-3-10)22(18,19)15-12-6-20-8-21-7-13(12)17/h2-5,12-13,15,17H,6-8H2,1H3,(H,14,16)/t12-,13-/m1/s1. The van der Waals surface area contributed by atoms with Gasteiger partial charge in [0.05, 0.1) is 30.3 Å². The highest BCUT2D eigenvalue weighted by Gasteiger charge is 2.28. The van der Waals surface area contributed by atoms with E-state index in [4.69, 9.17) is 9.47 Å². The molecule has 1 aliphatic rings. The van der Waals surface area contributed by atoms with Gasteiger partial charge in [0, 0.05) is 12.6 Å². The molecule has 1 aromatic rings. The molecule has 2 atom stereocenters. The van der Waals surface area contributed by atoms with Gasteiger partial charge in [-0.2, -0.15) is 0 Å². The van der Waals surface area contributed by atoms with Crippen LogP contribution in [0.5, 0.6) is 0 Å².